The summed E-state index contributed by atoms with van der Waals surface area (Å²) in [5.74, 6) is -0.135. The van der Waals surface area contributed by atoms with E-state index < -0.39 is 0 Å². The summed E-state index contributed by atoms with van der Waals surface area (Å²) in [6.07, 6.45) is 1.28. The zero-order chi connectivity index (χ0) is 16.2. The lowest BCUT2D eigenvalue weighted by atomic mass is 10.0. The van der Waals surface area contributed by atoms with E-state index in [2.05, 4.69) is 5.32 Å². The van der Waals surface area contributed by atoms with Gasteiger partial charge < -0.3 is 10.2 Å². The number of nitrogens with zero attached hydrogens (tertiary/aromatic N) is 1. The standard InChI is InChI=1S/C18H17ClN2O2/c19-15-7-3-2-6-14(15)18(23)20-11-12-21-16-8-4-1-5-13(16)9-10-17(21)22/h1-8H,9-12H2,(H,20,23). The Labute approximate surface area is 140 Å². The molecule has 0 fully saturated rings. The highest BCUT2D eigenvalue weighted by Crippen LogP contribution is 2.26. The van der Waals surface area contributed by atoms with Gasteiger partial charge in [-0.1, -0.05) is 41.9 Å². The van der Waals surface area contributed by atoms with Gasteiger partial charge in [-0.2, -0.15) is 0 Å². The molecule has 3 rings (SSSR count). The van der Waals surface area contributed by atoms with Gasteiger partial charge in [0.25, 0.3) is 5.91 Å². The quantitative estimate of drug-likeness (QED) is 0.937. The van der Waals surface area contributed by atoms with E-state index in [4.69, 9.17) is 11.6 Å². The van der Waals surface area contributed by atoms with E-state index in [1.165, 1.54) is 5.56 Å². The van der Waals surface area contributed by atoms with Crippen molar-refractivity contribution >= 4 is 29.1 Å². The van der Waals surface area contributed by atoms with Gasteiger partial charge in [0.15, 0.2) is 0 Å². The Morgan fingerprint density at radius 1 is 1.09 bits per heavy atom. The molecule has 0 aliphatic carbocycles. The Hall–Kier alpha value is -2.33. The number of benzene rings is 2. The molecule has 0 aromatic heterocycles. The van der Waals surface area contributed by atoms with E-state index >= 15 is 0 Å². The van der Waals surface area contributed by atoms with Crippen molar-refractivity contribution in [2.24, 2.45) is 0 Å². The lowest BCUT2D eigenvalue weighted by Crippen LogP contribution is -2.41. The molecule has 0 unspecified atom stereocenters. The number of rotatable bonds is 4. The highest BCUT2D eigenvalue weighted by Gasteiger charge is 2.23. The van der Waals surface area contributed by atoms with E-state index in [-0.39, 0.29) is 11.8 Å². The van der Waals surface area contributed by atoms with Crippen LogP contribution in [0.3, 0.4) is 0 Å². The topological polar surface area (TPSA) is 49.4 Å². The van der Waals surface area contributed by atoms with Gasteiger partial charge in [0.1, 0.15) is 0 Å². The Kier molecular flexibility index (Phi) is 4.63. The molecule has 1 N–H and O–H groups in total. The molecule has 23 heavy (non-hydrogen) atoms. The minimum Gasteiger partial charge on any atom is -0.350 e. The fourth-order valence-electron chi connectivity index (χ4n) is 2.76. The fraction of sp³-hybridized carbons (Fsp3) is 0.222. The summed E-state index contributed by atoms with van der Waals surface area (Å²) in [7, 11) is 0. The van der Waals surface area contributed by atoms with Crippen molar-refractivity contribution in [3.8, 4) is 0 Å². The third kappa shape index (κ3) is 3.37. The zero-order valence-corrected chi connectivity index (χ0v) is 13.3. The van der Waals surface area contributed by atoms with Crippen LogP contribution in [-0.4, -0.2) is 24.9 Å². The molecule has 1 aliphatic rings. The molecule has 0 saturated carbocycles. The SMILES string of the molecule is O=C(NCCN1C(=O)CCc2ccccc21)c1ccccc1Cl. The molecule has 0 spiro atoms. The van der Waals surface area contributed by atoms with Gasteiger partial charge in [-0.15, -0.1) is 0 Å². The van der Waals surface area contributed by atoms with Crippen LogP contribution < -0.4 is 10.2 Å². The van der Waals surface area contributed by atoms with Crippen LogP contribution in [0.1, 0.15) is 22.3 Å². The molecule has 118 valence electrons. The average Bonchev–Trinajstić information content (AvgIpc) is 2.57. The average molecular weight is 329 g/mol. The van der Waals surface area contributed by atoms with Gasteiger partial charge in [0.05, 0.1) is 10.6 Å². The predicted octanol–water partition coefficient (Wildman–Crippen LogP) is 3.05. The number of hydrogen-bond donors (Lipinski definition) is 1. The van der Waals surface area contributed by atoms with Gasteiger partial charge in [-0.3, -0.25) is 9.59 Å². The molecule has 0 saturated heterocycles. The highest BCUT2D eigenvalue weighted by atomic mass is 35.5. The Morgan fingerprint density at radius 2 is 1.83 bits per heavy atom. The number of hydrogen-bond acceptors (Lipinski definition) is 2. The molecule has 4 nitrogen and oxygen atoms in total. The van der Waals surface area contributed by atoms with E-state index in [0.717, 1.165) is 12.1 Å². The summed E-state index contributed by atoms with van der Waals surface area (Å²) in [5, 5.41) is 3.24. The lowest BCUT2D eigenvalue weighted by molar-refractivity contribution is -0.118. The molecule has 2 amide bonds. The Morgan fingerprint density at radius 3 is 2.65 bits per heavy atom. The maximum atomic E-state index is 12.1. The molecular weight excluding hydrogens is 312 g/mol. The Balaban J connectivity index is 1.64. The number of carbonyl (C=O) groups excluding carboxylic acids is 2. The molecule has 2 aromatic carbocycles. The summed E-state index contributed by atoms with van der Waals surface area (Å²) in [4.78, 5) is 26.0. The van der Waals surface area contributed by atoms with Gasteiger partial charge >= 0.3 is 0 Å². The van der Waals surface area contributed by atoms with E-state index in [1.807, 2.05) is 24.3 Å². The van der Waals surface area contributed by atoms with Gasteiger partial charge in [-0.25, -0.2) is 0 Å². The van der Waals surface area contributed by atoms with Crippen LogP contribution in [0.5, 0.6) is 0 Å². The number of anilines is 1. The summed E-state index contributed by atoms with van der Waals surface area (Å²) >= 11 is 6.01. The van der Waals surface area contributed by atoms with Crippen molar-refractivity contribution in [3.05, 3.63) is 64.7 Å². The van der Waals surface area contributed by atoms with Crippen LogP contribution in [0.4, 0.5) is 5.69 Å². The second kappa shape index (κ2) is 6.84. The zero-order valence-electron chi connectivity index (χ0n) is 12.6. The van der Waals surface area contributed by atoms with Gasteiger partial charge in [0.2, 0.25) is 5.91 Å². The van der Waals surface area contributed by atoms with E-state index in [1.54, 1.807) is 29.2 Å². The number of aryl methyl sites for hydroxylation is 1. The molecular formula is C18H17ClN2O2. The van der Waals surface area contributed by atoms with Crippen LogP contribution in [0, 0.1) is 0 Å². The second-order valence-corrected chi connectivity index (χ2v) is 5.82. The van der Waals surface area contributed by atoms with Crippen LogP contribution in [0.2, 0.25) is 5.02 Å². The van der Waals surface area contributed by atoms with Crippen molar-refractivity contribution < 1.29 is 9.59 Å². The third-order valence-corrected chi connectivity index (χ3v) is 4.26. The monoisotopic (exact) mass is 328 g/mol. The van der Waals surface area contributed by atoms with E-state index in [9.17, 15) is 9.59 Å². The van der Waals surface area contributed by atoms with Crippen molar-refractivity contribution in [2.75, 3.05) is 18.0 Å². The number of carbonyl (C=O) groups is 2. The molecule has 0 radical (unpaired) electrons. The van der Waals surface area contributed by atoms with Crippen molar-refractivity contribution in [1.82, 2.24) is 5.32 Å². The largest absolute Gasteiger partial charge is 0.350 e. The van der Waals surface area contributed by atoms with E-state index in [0.29, 0.717) is 30.1 Å². The minimum atomic E-state index is -0.228. The number of fused-ring (bicyclic) bond motifs is 1. The van der Waals surface area contributed by atoms with Crippen LogP contribution >= 0.6 is 11.6 Å². The van der Waals surface area contributed by atoms with Crippen LogP contribution in [0.25, 0.3) is 0 Å². The van der Waals surface area contributed by atoms with Gasteiger partial charge in [-0.05, 0) is 30.2 Å². The lowest BCUT2D eigenvalue weighted by Gasteiger charge is -2.29. The molecule has 1 aliphatic heterocycles. The van der Waals surface area contributed by atoms with Gasteiger partial charge in [0, 0.05) is 25.2 Å². The van der Waals surface area contributed by atoms with Crippen molar-refractivity contribution in [1.29, 1.82) is 0 Å². The molecule has 0 atom stereocenters. The maximum absolute atomic E-state index is 12.1. The molecule has 2 aromatic rings. The number of halogens is 1. The summed E-state index contributed by atoms with van der Waals surface area (Å²) in [6.45, 7) is 0.830. The predicted molar refractivity (Wildman–Crippen MR) is 90.9 cm³/mol. The smallest absolute Gasteiger partial charge is 0.252 e. The molecule has 5 heteroatoms. The van der Waals surface area contributed by atoms with Crippen molar-refractivity contribution in [3.63, 3.8) is 0 Å². The first-order valence-corrected chi connectivity index (χ1v) is 7.95. The first-order valence-electron chi connectivity index (χ1n) is 7.58. The second-order valence-electron chi connectivity index (χ2n) is 5.41. The van der Waals surface area contributed by atoms with Crippen molar-refractivity contribution in [2.45, 2.75) is 12.8 Å². The minimum absolute atomic E-state index is 0.0932. The summed E-state index contributed by atoms with van der Waals surface area (Å²) in [5.41, 5.74) is 2.56. The summed E-state index contributed by atoms with van der Waals surface area (Å²) in [6, 6.07) is 14.8. The maximum Gasteiger partial charge on any atom is 0.252 e. The normalized spacial score (nSPS) is 13.6. The molecule has 0 bridgehead atoms. The third-order valence-electron chi connectivity index (χ3n) is 3.93. The van der Waals surface area contributed by atoms with Crippen LogP contribution in [0.15, 0.2) is 48.5 Å². The summed E-state index contributed by atoms with van der Waals surface area (Å²) < 4.78 is 0. The number of para-hydroxylation sites is 1. The molecule has 1 heterocycles. The fourth-order valence-corrected chi connectivity index (χ4v) is 2.98. The Bertz CT molecular complexity index is 745. The van der Waals surface area contributed by atoms with Crippen LogP contribution in [-0.2, 0) is 11.2 Å². The first kappa shape index (κ1) is 15.6. The number of nitrogens with one attached hydrogen (secondary N) is 1. The first-order chi connectivity index (χ1) is 11.2. The highest BCUT2D eigenvalue weighted by molar-refractivity contribution is 6.33. The number of amides is 2.